The van der Waals surface area contributed by atoms with Gasteiger partial charge in [0.1, 0.15) is 11.5 Å². The van der Waals surface area contributed by atoms with E-state index in [4.69, 9.17) is 4.74 Å². The number of alkyl halides is 3. The average molecular weight is 352 g/mol. The number of carbonyl (C=O) groups is 1. The molecule has 25 heavy (non-hydrogen) atoms. The third-order valence-electron chi connectivity index (χ3n) is 3.29. The fourth-order valence-electron chi connectivity index (χ4n) is 2.10. The van der Waals surface area contributed by atoms with Crippen LogP contribution in [0, 0.1) is 0 Å². The number of amides is 1. The lowest BCUT2D eigenvalue weighted by Crippen LogP contribution is -2.32. The van der Waals surface area contributed by atoms with Crippen molar-refractivity contribution in [3.8, 4) is 11.5 Å². The summed E-state index contributed by atoms with van der Waals surface area (Å²) in [6, 6.07) is 16.0. The highest BCUT2D eigenvalue weighted by molar-refractivity contribution is 5.92. The van der Waals surface area contributed by atoms with Crippen LogP contribution < -0.4 is 10.1 Å². The Morgan fingerprint density at radius 1 is 1.08 bits per heavy atom. The first kappa shape index (κ1) is 18.8. The van der Waals surface area contributed by atoms with Gasteiger partial charge >= 0.3 is 6.18 Å². The monoisotopic (exact) mass is 352 g/mol. The summed E-state index contributed by atoms with van der Waals surface area (Å²) in [5.41, 5.74) is 0.516. The van der Waals surface area contributed by atoms with Gasteiger partial charge in [-0.25, -0.2) is 0 Å². The van der Waals surface area contributed by atoms with E-state index in [-0.39, 0.29) is 19.0 Å². The lowest BCUT2D eigenvalue weighted by Gasteiger charge is -2.17. The number of para-hydroxylation sites is 1. The van der Waals surface area contributed by atoms with E-state index in [0.29, 0.717) is 17.2 Å². The molecule has 0 saturated heterocycles. The fourth-order valence-corrected chi connectivity index (χ4v) is 2.10. The molecule has 0 fully saturated rings. The van der Waals surface area contributed by atoms with Gasteiger partial charge in [-0.15, -0.1) is 0 Å². The molecule has 0 aliphatic heterocycles. The maximum atomic E-state index is 12.2. The molecule has 4 nitrogen and oxygen atoms in total. The van der Waals surface area contributed by atoms with Gasteiger partial charge in [-0.3, -0.25) is 9.69 Å². The van der Waals surface area contributed by atoms with Gasteiger partial charge in [-0.2, -0.15) is 13.2 Å². The lowest BCUT2D eigenvalue weighted by atomic mass is 10.3. The zero-order valence-corrected chi connectivity index (χ0v) is 13.7. The van der Waals surface area contributed by atoms with E-state index < -0.39 is 12.6 Å². The molecule has 0 spiro atoms. The third kappa shape index (κ3) is 7.26. The molecule has 0 atom stereocenters. The van der Waals surface area contributed by atoms with Gasteiger partial charge in [-0.05, 0) is 31.3 Å². The standard InChI is InChI=1S/C18H19F3N2O2/c1-23(11-10-18(19,20)21)13-17(24)22-14-6-5-9-16(12-14)25-15-7-3-2-4-8-15/h2-9,12H,10-11,13H2,1H3,(H,22,24). The predicted octanol–water partition coefficient (Wildman–Crippen LogP) is 4.30. The van der Waals surface area contributed by atoms with Crippen molar-refractivity contribution in [3.05, 3.63) is 54.6 Å². The number of nitrogens with one attached hydrogen (secondary N) is 1. The highest BCUT2D eigenvalue weighted by atomic mass is 19.4. The number of anilines is 1. The van der Waals surface area contributed by atoms with Gasteiger partial charge in [0.25, 0.3) is 0 Å². The zero-order valence-electron chi connectivity index (χ0n) is 13.7. The molecule has 1 N–H and O–H groups in total. The van der Waals surface area contributed by atoms with Crippen LogP contribution in [0.5, 0.6) is 11.5 Å². The molecular formula is C18H19F3N2O2. The van der Waals surface area contributed by atoms with Crippen LogP contribution in [-0.2, 0) is 4.79 Å². The normalized spacial score (nSPS) is 11.4. The summed E-state index contributed by atoms with van der Waals surface area (Å²) >= 11 is 0. The fraction of sp³-hybridized carbons (Fsp3) is 0.278. The van der Waals surface area contributed by atoms with Crippen molar-refractivity contribution in [1.29, 1.82) is 0 Å². The Morgan fingerprint density at radius 2 is 1.76 bits per heavy atom. The quantitative estimate of drug-likeness (QED) is 0.808. The van der Waals surface area contributed by atoms with E-state index in [9.17, 15) is 18.0 Å². The number of benzene rings is 2. The summed E-state index contributed by atoms with van der Waals surface area (Å²) in [6.45, 7) is -0.353. The Balaban J connectivity index is 1.87. The summed E-state index contributed by atoms with van der Waals surface area (Å²) in [7, 11) is 1.47. The molecule has 0 bridgehead atoms. The van der Waals surface area contributed by atoms with Gasteiger partial charge < -0.3 is 10.1 Å². The molecule has 0 aliphatic rings. The Morgan fingerprint density at radius 3 is 2.44 bits per heavy atom. The maximum absolute atomic E-state index is 12.2. The Labute approximate surface area is 144 Å². The van der Waals surface area contributed by atoms with E-state index in [1.807, 2.05) is 18.2 Å². The van der Waals surface area contributed by atoms with Crippen LogP contribution in [0.15, 0.2) is 54.6 Å². The Kier molecular flexibility index (Phi) is 6.41. The molecule has 2 aromatic carbocycles. The zero-order chi connectivity index (χ0) is 18.3. The topological polar surface area (TPSA) is 41.6 Å². The number of hydrogen-bond acceptors (Lipinski definition) is 3. The van der Waals surface area contributed by atoms with Crippen molar-refractivity contribution in [2.75, 3.05) is 25.5 Å². The van der Waals surface area contributed by atoms with E-state index in [2.05, 4.69) is 5.32 Å². The van der Waals surface area contributed by atoms with Gasteiger partial charge in [0.15, 0.2) is 0 Å². The number of nitrogens with zero attached hydrogens (tertiary/aromatic N) is 1. The van der Waals surface area contributed by atoms with Gasteiger partial charge in [0, 0.05) is 18.3 Å². The van der Waals surface area contributed by atoms with Crippen LogP contribution in [0.3, 0.4) is 0 Å². The molecule has 0 saturated carbocycles. The van der Waals surface area contributed by atoms with E-state index >= 15 is 0 Å². The minimum Gasteiger partial charge on any atom is -0.457 e. The Bertz CT molecular complexity index is 690. The molecule has 0 aromatic heterocycles. The van der Waals surface area contributed by atoms with Crippen molar-refractivity contribution >= 4 is 11.6 Å². The van der Waals surface area contributed by atoms with Crippen molar-refractivity contribution in [1.82, 2.24) is 4.90 Å². The van der Waals surface area contributed by atoms with Gasteiger partial charge in [-0.1, -0.05) is 24.3 Å². The van der Waals surface area contributed by atoms with Crippen LogP contribution in [0.4, 0.5) is 18.9 Å². The maximum Gasteiger partial charge on any atom is 0.390 e. The molecule has 0 aliphatic carbocycles. The smallest absolute Gasteiger partial charge is 0.390 e. The van der Waals surface area contributed by atoms with Crippen molar-refractivity contribution in [2.45, 2.75) is 12.6 Å². The molecule has 2 aromatic rings. The minimum absolute atomic E-state index is 0.125. The number of halogens is 3. The molecule has 0 unspecified atom stereocenters. The van der Waals surface area contributed by atoms with Crippen LogP contribution in [0.2, 0.25) is 0 Å². The third-order valence-corrected chi connectivity index (χ3v) is 3.29. The summed E-state index contributed by atoms with van der Waals surface area (Å²) in [5.74, 6) is 0.828. The number of carbonyl (C=O) groups excluding carboxylic acids is 1. The number of rotatable bonds is 7. The van der Waals surface area contributed by atoms with E-state index in [0.717, 1.165) is 0 Å². The van der Waals surface area contributed by atoms with Gasteiger partial charge in [0.2, 0.25) is 5.91 Å². The summed E-state index contributed by atoms with van der Waals surface area (Å²) in [6.07, 6.45) is -5.18. The predicted molar refractivity (Wildman–Crippen MR) is 89.8 cm³/mol. The second kappa shape index (κ2) is 8.53. The molecule has 0 heterocycles. The van der Waals surface area contributed by atoms with Crippen molar-refractivity contribution in [3.63, 3.8) is 0 Å². The summed E-state index contributed by atoms with van der Waals surface area (Å²) < 4.78 is 42.2. The number of hydrogen-bond donors (Lipinski definition) is 1. The van der Waals surface area contributed by atoms with E-state index in [1.165, 1.54) is 11.9 Å². The molecule has 134 valence electrons. The molecular weight excluding hydrogens is 333 g/mol. The van der Waals surface area contributed by atoms with Crippen LogP contribution in [0.25, 0.3) is 0 Å². The molecule has 2 rings (SSSR count). The summed E-state index contributed by atoms with van der Waals surface area (Å²) in [4.78, 5) is 13.3. The average Bonchev–Trinajstić information content (AvgIpc) is 2.53. The Hall–Kier alpha value is -2.54. The highest BCUT2D eigenvalue weighted by Gasteiger charge is 2.27. The lowest BCUT2D eigenvalue weighted by molar-refractivity contribution is -0.138. The number of likely N-dealkylation sites (N-methyl/N-ethyl adjacent to an activating group) is 1. The first-order valence-corrected chi connectivity index (χ1v) is 7.70. The van der Waals surface area contributed by atoms with Crippen LogP contribution >= 0.6 is 0 Å². The van der Waals surface area contributed by atoms with Crippen LogP contribution in [0.1, 0.15) is 6.42 Å². The van der Waals surface area contributed by atoms with Crippen molar-refractivity contribution < 1.29 is 22.7 Å². The molecule has 7 heteroatoms. The van der Waals surface area contributed by atoms with Crippen LogP contribution in [-0.4, -0.2) is 37.1 Å². The molecule has 0 radical (unpaired) electrons. The second-order valence-electron chi connectivity index (χ2n) is 5.59. The van der Waals surface area contributed by atoms with Crippen molar-refractivity contribution in [2.24, 2.45) is 0 Å². The first-order valence-electron chi connectivity index (χ1n) is 7.70. The first-order chi connectivity index (χ1) is 11.8. The largest absolute Gasteiger partial charge is 0.457 e. The van der Waals surface area contributed by atoms with Gasteiger partial charge in [0.05, 0.1) is 13.0 Å². The number of ether oxygens (including phenoxy) is 1. The molecule has 1 amide bonds. The summed E-state index contributed by atoms with van der Waals surface area (Å²) in [5, 5.41) is 2.65. The minimum atomic E-state index is -4.23. The van der Waals surface area contributed by atoms with E-state index in [1.54, 1.807) is 36.4 Å². The highest BCUT2D eigenvalue weighted by Crippen LogP contribution is 2.24. The SMILES string of the molecule is CN(CCC(F)(F)F)CC(=O)Nc1cccc(Oc2ccccc2)c1. The second-order valence-corrected chi connectivity index (χ2v) is 5.59.